The fraction of sp³-hybridized carbons (Fsp3) is 0.538. The lowest BCUT2D eigenvalue weighted by Gasteiger charge is -2.28. The Kier molecular flexibility index (Phi) is 4.04. The Labute approximate surface area is 108 Å². The second-order valence-corrected chi connectivity index (χ2v) is 6.93. The number of rotatable bonds is 4. The van der Waals surface area contributed by atoms with Crippen LogP contribution in [-0.4, -0.2) is 36.7 Å². The summed E-state index contributed by atoms with van der Waals surface area (Å²) in [6.45, 7) is 2.65. The van der Waals surface area contributed by atoms with Crippen LogP contribution < -0.4 is 0 Å². The van der Waals surface area contributed by atoms with E-state index in [0.29, 0.717) is 13.1 Å². The first-order valence-corrected chi connectivity index (χ1v) is 7.79. The average Bonchev–Trinajstić information content (AvgIpc) is 2.37. The first kappa shape index (κ1) is 13.5. The van der Waals surface area contributed by atoms with Crippen molar-refractivity contribution in [2.45, 2.75) is 19.9 Å². The van der Waals surface area contributed by atoms with Crippen molar-refractivity contribution in [1.29, 1.82) is 0 Å². The predicted molar refractivity (Wildman–Crippen MR) is 70.6 cm³/mol. The Bertz CT molecular complexity index is 513. The summed E-state index contributed by atoms with van der Waals surface area (Å²) >= 11 is 0. The second kappa shape index (κ2) is 5.38. The molecular weight excluding hydrogens is 250 g/mol. The molecule has 0 aromatic heterocycles. The van der Waals surface area contributed by atoms with Gasteiger partial charge in [-0.2, -0.15) is 4.31 Å². The molecular formula is C13H19NO3S. The molecule has 1 atom stereocenters. The zero-order valence-electron chi connectivity index (χ0n) is 10.5. The van der Waals surface area contributed by atoms with Gasteiger partial charge in [0, 0.05) is 19.7 Å². The molecule has 18 heavy (non-hydrogen) atoms. The summed E-state index contributed by atoms with van der Waals surface area (Å²) in [6.07, 6.45) is 0.767. The molecule has 0 radical (unpaired) electrons. The number of aliphatic hydroxyl groups excluding tert-OH is 1. The van der Waals surface area contributed by atoms with Gasteiger partial charge < -0.3 is 5.11 Å². The van der Waals surface area contributed by atoms with Crippen molar-refractivity contribution < 1.29 is 13.5 Å². The van der Waals surface area contributed by atoms with Crippen LogP contribution >= 0.6 is 0 Å². The van der Waals surface area contributed by atoms with E-state index < -0.39 is 10.0 Å². The van der Waals surface area contributed by atoms with Gasteiger partial charge in [-0.1, -0.05) is 31.2 Å². The van der Waals surface area contributed by atoms with E-state index in [1.165, 1.54) is 9.87 Å². The van der Waals surface area contributed by atoms with Gasteiger partial charge in [0.25, 0.3) is 0 Å². The molecule has 1 aliphatic heterocycles. The number of hydrogen-bond acceptors (Lipinski definition) is 3. The number of fused-ring (bicyclic) bond motifs is 1. The highest BCUT2D eigenvalue weighted by atomic mass is 32.2. The number of aliphatic hydroxyl groups is 1. The van der Waals surface area contributed by atoms with Gasteiger partial charge >= 0.3 is 0 Å². The Balaban J connectivity index is 2.13. The van der Waals surface area contributed by atoms with Gasteiger partial charge in [-0.05, 0) is 23.5 Å². The van der Waals surface area contributed by atoms with Crippen molar-refractivity contribution in [2.75, 3.05) is 18.9 Å². The fourth-order valence-electron chi connectivity index (χ4n) is 2.22. The highest BCUT2D eigenvalue weighted by Gasteiger charge is 2.27. The van der Waals surface area contributed by atoms with Crippen LogP contribution in [0.15, 0.2) is 24.3 Å². The lowest BCUT2D eigenvalue weighted by molar-refractivity contribution is 0.247. The Morgan fingerprint density at radius 1 is 1.33 bits per heavy atom. The van der Waals surface area contributed by atoms with E-state index in [2.05, 4.69) is 6.07 Å². The number of nitrogens with zero attached hydrogens (tertiary/aromatic N) is 1. The SMILES string of the molecule is CC(CO)CS(=O)(=O)N1CCc2ccccc2C1. The van der Waals surface area contributed by atoms with Crippen LogP contribution in [0.1, 0.15) is 18.1 Å². The summed E-state index contributed by atoms with van der Waals surface area (Å²) in [5.74, 6) is -0.196. The van der Waals surface area contributed by atoms with Gasteiger partial charge in [0.05, 0.1) is 5.75 Å². The molecule has 0 amide bonds. The van der Waals surface area contributed by atoms with Crippen molar-refractivity contribution in [3.8, 4) is 0 Å². The monoisotopic (exact) mass is 269 g/mol. The predicted octanol–water partition coefficient (Wildman–Crippen LogP) is 1.00. The molecule has 0 fully saturated rings. The summed E-state index contributed by atoms with van der Waals surface area (Å²) in [6, 6.07) is 7.95. The van der Waals surface area contributed by atoms with Crippen LogP contribution in [0.2, 0.25) is 0 Å². The molecule has 0 bridgehead atoms. The van der Waals surface area contributed by atoms with Crippen molar-refractivity contribution in [2.24, 2.45) is 5.92 Å². The van der Waals surface area contributed by atoms with E-state index in [-0.39, 0.29) is 18.3 Å². The molecule has 100 valence electrons. The molecule has 0 saturated carbocycles. The Morgan fingerprint density at radius 2 is 2.00 bits per heavy atom. The van der Waals surface area contributed by atoms with E-state index in [1.807, 2.05) is 18.2 Å². The minimum Gasteiger partial charge on any atom is -0.396 e. The van der Waals surface area contributed by atoms with Gasteiger partial charge in [-0.3, -0.25) is 0 Å². The number of benzene rings is 1. The van der Waals surface area contributed by atoms with E-state index in [4.69, 9.17) is 5.11 Å². The molecule has 0 aliphatic carbocycles. The molecule has 5 heteroatoms. The van der Waals surface area contributed by atoms with Crippen molar-refractivity contribution >= 4 is 10.0 Å². The normalized spacial score (nSPS) is 18.3. The van der Waals surface area contributed by atoms with Crippen LogP contribution in [0, 0.1) is 5.92 Å². The van der Waals surface area contributed by atoms with E-state index in [1.54, 1.807) is 6.92 Å². The fourth-order valence-corrected chi connectivity index (χ4v) is 3.97. The highest BCUT2D eigenvalue weighted by molar-refractivity contribution is 7.89. The lowest BCUT2D eigenvalue weighted by Crippen LogP contribution is -2.39. The van der Waals surface area contributed by atoms with Gasteiger partial charge in [0.1, 0.15) is 0 Å². The summed E-state index contributed by atoms with van der Waals surface area (Å²) in [4.78, 5) is 0. The summed E-state index contributed by atoms with van der Waals surface area (Å²) < 4.78 is 25.9. The molecule has 4 nitrogen and oxygen atoms in total. The maximum absolute atomic E-state index is 12.2. The van der Waals surface area contributed by atoms with Crippen LogP contribution in [0.3, 0.4) is 0 Å². The zero-order chi connectivity index (χ0) is 13.2. The standard InChI is InChI=1S/C13H19NO3S/c1-11(9-15)10-18(16,17)14-7-6-12-4-2-3-5-13(12)8-14/h2-5,11,15H,6-10H2,1H3. The summed E-state index contributed by atoms with van der Waals surface area (Å²) in [5, 5.41) is 8.97. The van der Waals surface area contributed by atoms with Crippen LogP contribution in [-0.2, 0) is 23.0 Å². The quantitative estimate of drug-likeness (QED) is 0.887. The van der Waals surface area contributed by atoms with Gasteiger partial charge in [-0.15, -0.1) is 0 Å². The van der Waals surface area contributed by atoms with Gasteiger partial charge in [0.15, 0.2) is 0 Å². The molecule has 1 aliphatic rings. The van der Waals surface area contributed by atoms with Gasteiger partial charge in [-0.25, -0.2) is 8.42 Å². The molecule has 1 aromatic rings. The summed E-state index contributed by atoms with van der Waals surface area (Å²) in [7, 11) is -3.26. The smallest absolute Gasteiger partial charge is 0.214 e. The Morgan fingerprint density at radius 3 is 2.67 bits per heavy atom. The van der Waals surface area contributed by atoms with Crippen LogP contribution in [0.4, 0.5) is 0 Å². The first-order valence-electron chi connectivity index (χ1n) is 6.18. The molecule has 0 saturated heterocycles. The van der Waals surface area contributed by atoms with E-state index in [0.717, 1.165) is 12.0 Å². The van der Waals surface area contributed by atoms with Crippen LogP contribution in [0.25, 0.3) is 0 Å². The number of hydrogen-bond donors (Lipinski definition) is 1. The zero-order valence-corrected chi connectivity index (χ0v) is 11.4. The average molecular weight is 269 g/mol. The van der Waals surface area contributed by atoms with Gasteiger partial charge in [0.2, 0.25) is 10.0 Å². The minimum atomic E-state index is -3.26. The highest BCUT2D eigenvalue weighted by Crippen LogP contribution is 2.21. The molecule has 1 N–H and O–H groups in total. The summed E-state index contributed by atoms with van der Waals surface area (Å²) in [5.41, 5.74) is 2.32. The third kappa shape index (κ3) is 2.91. The molecule has 1 unspecified atom stereocenters. The second-order valence-electron chi connectivity index (χ2n) is 4.92. The minimum absolute atomic E-state index is 0.0195. The molecule has 2 rings (SSSR count). The molecule has 1 heterocycles. The van der Waals surface area contributed by atoms with Crippen molar-refractivity contribution in [3.63, 3.8) is 0 Å². The maximum Gasteiger partial charge on any atom is 0.214 e. The van der Waals surface area contributed by atoms with Crippen molar-refractivity contribution in [1.82, 2.24) is 4.31 Å². The van der Waals surface area contributed by atoms with Crippen LogP contribution in [0.5, 0.6) is 0 Å². The lowest BCUT2D eigenvalue weighted by atomic mass is 10.0. The maximum atomic E-state index is 12.2. The van der Waals surface area contributed by atoms with E-state index in [9.17, 15) is 8.42 Å². The first-order chi connectivity index (χ1) is 8.53. The number of sulfonamides is 1. The van der Waals surface area contributed by atoms with Crippen molar-refractivity contribution in [3.05, 3.63) is 35.4 Å². The largest absolute Gasteiger partial charge is 0.396 e. The van der Waals surface area contributed by atoms with E-state index >= 15 is 0 Å². The third-order valence-corrected chi connectivity index (χ3v) is 5.38. The Hall–Kier alpha value is -0.910. The topological polar surface area (TPSA) is 57.6 Å². The third-order valence-electron chi connectivity index (χ3n) is 3.30. The molecule has 1 aromatic carbocycles. The molecule has 0 spiro atoms.